The molecule has 0 aliphatic heterocycles. The van der Waals surface area contributed by atoms with Gasteiger partial charge in [0, 0.05) is 5.41 Å². The van der Waals surface area contributed by atoms with Crippen LogP contribution < -0.4 is 0 Å². The molecule has 3 unspecified atom stereocenters. The summed E-state index contributed by atoms with van der Waals surface area (Å²) in [5.41, 5.74) is 1.51. The molecule has 118 valence electrons. The Morgan fingerprint density at radius 1 is 1.18 bits per heavy atom. The SMILES string of the molecule is CC#CC1(O)CCC2(C)c3ccc(O)cc3CCC2C1(C)C. The molecular weight excluding hydrogens is 272 g/mol. The molecule has 2 N–H and O–H groups in total. The average Bonchev–Trinajstić information content (AvgIpc) is 2.44. The largest absolute Gasteiger partial charge is 0.508 e. The van der Waals surface area contributed by atoms with E-state index in [-0.39, 0.29) is 10.8 Å². The van der Waals surface area contributed by atoms with Crippen molar-refractivity contribution in [2.75, 3.05) is 0 Å². The van der Waals surface area contributed by atoms with Crippen molar-refractivity contribution in [3.63, 3.8) is 0 Å². The number of aliphatic hydroxyl groups is 1. The number of aromatic hydroxyl groups is 1. The van der Waals surface area contributed by atoms with E-state index in [1.165, 1.54) is 11.1 Å². The van der Waals surface area contributed by atoms with Crippen LogP contribution in [0.5, 0.6) is 5.75 Å². The zero-order valence-corrected chi connectivity index (χ0v) is 14.0. The molecule has 2 nitrogen and oxygen atoms in total. The first-order valence-corrected chi connectivity index (χ1v) is 8.23. The van der Waals surface area contributed by atoms with Crippen molar-refractivity contribution in [1.82, 2.24) is 0 Å². The van der Waals surface area contributed by atoms with Gasteiger partial charge in [-0.05, 0) is 67.2 Å². The first-order valence-electron chi connectivity index (χ1n) is 8.23. The number of phenols is 1. The molecule has 0 heterocycles. The molecular formula is C20H26O2. The van der Waals surface area contributed by atoms with E-state index in [1.807, 2.05) is 6.07 Å². The highest BCUT2D eigenvalue weighted by molar-refractivity contribution is 5.44. The minimum Gasteiger partial charge on any atom is -0.508 e. The Kier molecular flexibility index (Phi) is 3.34. The molecule has 0 radical (unpaired) electrons. The lowest BCUT2D eigenvalue weighted by molar-refractivity contribution is -0.118. The number of phenolic OH excluding ortho intramolecular Hbond substituents is 1. The van der Waals surface area contributed by atoms with E-state index < -0.39 is 5.60 Å². The highest BCUT2D eigenvalue weighted by atomic mass is 16.3. The molecule has 2 heteroatoms. The van der Waals surface area contributed by atoms with Crippen LogP contribution >= 0.6 is 0 Å². The predicted octanol–water partition coefficient (Wildman–Crippen LogP) is 3.79. The zero-order chi connectivity index (χ0) is 16.2. The van der Waals surface area contributed by atoms with Crippen molar-refractivity contribution >= 4 is 0 Å². The van der Waals surface area contributed by atoms with Crippen LogP contribution in [0.1, 0.15) is 58.1 Å². The molecule has 1 saturated carbocycles. The van der Waals surface area contributed by atoms with Crippen LogP contribution in [-0.2, 0) is 11.8 Å². The van der Waals surface area contributed by atoms with E-state index in [1.54, 1.807) is 13.0 Å². The second kappa shape index (κ2) is 4.77. The van der Waals surface area contributed by atoms with Crippen LogP contribution in [0.25, 0.3) is 0 Å². The van der Waals surface area contributed by atoms with Gasteiger partial charge in [0.15, 0.2) is 0 Å². The zero-order valence-electron chi connectivity index (χ0n) is 14.0. The molecule has 22 heavy (non-hydrogen) atoms. The Morgan fingerprint density at radius 3 is 2.59 bits per heavy atom. The summed E-state index contributed by atoms with van der Waals surface area (Å²) in [4.78, 5) is 0. The first-order chi connectivity index (χ1) is 10.2. The third-order valence-electron chi connectivity index (χ3n) is 6.45. The van der Waals surface area contributed by atoms with E-state index in [0.29, 0.717) is 18.1 Å². The fourth-order valence-electron chi connectivity index (χ4n) is 5.10. The molecule has 3 atom stereocenters. The molecule has 1 aromatic carbocycles. The van der Waals surface area contributed by atoms with E-state index in [2.05, 4.69) is 38.7 Å². The summed E-state index contributed by atoms with van der Waals surface area (Å²) in [7, 11) is 0. The van der Waals surface area contributed by atoms with Crippen molar-refractivity contribution in [3.05, 3.63) is 29.3 Å². The predicted molar refractivity (Wildman–Crippen MR) is 88.7 cm³/mol. The Labute approximate surface area is 133 Å². The number of fused-ring (bicyclic) bond motifs is 3. The number of aryl methyl sites for hydroxylation is 1. The number of hydrogen-bond acceptors (Lipinski definition) is 2. The molecule has 2 aliphatic rings. The second-order valence-electron chi connectivity index (χ2n) is 7.81. The Morgan fingerprint density at radius 2 is 1.91 bits per heavy atom. The summed E-state index contributed by atoms with van der Waals surface area (Å²) in [6.45, 7) is 8.48. The van der Waals surface area contributed by atoms with Crippen molar-refractivity contribution in [1.29, 1.82) is 0 Å². The van der Waals surface area contributed by atoms with Gasteiger partial charge in [0.1, 0.15) is 11.4 Å². The number of hydrogen-bond donors (Lipinski definition) is 2. The van der Waals surface area contributed by atoms with Crippen molar-refractivity contribution in [3.8, 4) is 17.6 Å². The lowest BCUT2D eigenvalue weighted by Crippen LogP contribution is -2.60. The van der Waals surface area contributed by atoms with Crippen LogP contribution in [-0.4, -0.2) is 15.8 Å². The van der Waals surface area contributed by atoms with Gasteiger partial charge in [-0.3, -0.25) is 0 Å². The Balaban J connectivity index is 2.11. The maximum absolute atomic E-state index is 11.1. The summed E-state index contributed by atoms with van der Waals surface area (Å²) in [6.07, 6.45) is 3.63. The lowest BCUT2D eigenvalue weighted by atomic mass is 9.46. The quantitative estimate of drug-likeness (QED) is 0.716. The van der Waals surface area contributed by atoms with E-state index in [9.17, 15) is 10.2 Å². The summed E-state index contributed by atoms with van der Waals surface area (Å²) in [5, 5.41) is 20.9. The fraction of sp³-hybridized carbons (Fsp3) is 0.600. The molecule has 0 saturated heterocycles. The third kappa shape index (κ3) is 1.92. The van der Waals surface area contributed by atoms with Crippen LogP contribution in [0.4, 0.5) is 0 Å². The van der Waals surface area contributed by atoms with Gasteiger partial charge < -0.3 is 10.2 Å². The van der Waals surface area contributed by atoms with Gasteiger partial charge in [-0.15, -0.1) is 5.92 Å². The van der Waals surface area contributed by atoms with Gasteiger partial charge in [0.25, 0.3) is 0 Å². The number of rotatable bonds is 0. The highest BCUT2D eigenvalue weighted by Gasteiger charge is 2.59. The van der Waals surface area contributed by atoms with Crippen LogP contribution in [0.2, 0.25) is 0 Å². The van der Waals surface area contributed by atoms with Crippen molar-refractivity contribution in [2.45, 2.75) is 64.4 Å². The Hall–Kier alpha value is -1.46. The van der Waals surface area contributed by atoms with Gasteiger partial charge in [0.2, 0.25) is 0 Å². The summed E-state index contributed by atoms with van der Waals surface area (Å²) in [6, 6.07) is 5.80. The standard InChI is InChI=1S/C20H26O2/c1-5-10-20(22)12-11-19(4)16-8-7-15(21)13-14(16)6-9-17(19)18(20,2)3/h7-8,13,17,21-22H,6,9,11-12H2,1-4H3. The van der Waals surface area contributed by atoms with E-state index in [0.717, 1.165) is 19.3 Å². The third-order valence-corrected chi connectivity index (χ3v) is 6.45. The molecule has 3 rings (SSSR count). The van der Waals surface area contributed by atoms with Gasteiger partial charge in [-0.25, -0.2) is 0 Å². The summed E-state index contributed by atoms with van der Waals surface area (Å²) >= 11 is 0. The second-order valence-corrected chi connectivity index (χ2v) is 7.81. The normalized spacial score (nSPS) is 35.8. The van der Waals surface area contributed by atoms with Crippen molar-refractivity contribution in [2.24, 2.45) is 11.3 Å². The van der Waals surface area contributed by atoms with Crippen LogP contribution in [0, 0.1) is 23.2 Å². The number of benzene rings is 1. The maximum Gasteiger partial charge on any atom is 0.130 e. The summed E-state index contributed by atoms with van der Waals surface area (Å²) in [5.74, 6) is 6.77. The molecule has 1 aromatic rings. The van der Waals surface area contributed by atoms with Crippen LogP contribution in [0.15, 0.2) is 18.2 Å². The molecule has 0 spiro atoms. The average molecular weight is 298 g/mol. The minimum atomic E-state index is -0.902. The smallest absolute Gasteiger partial charge is 0.130 e. The highest BCUT2D eigenvalue weighted by Crippen LogP contribution is 2.60. The maximum atomic E-state index is 11.1. The van der Waals surface area contributed by atoms with E-state index in [4.69, 9.17) is 0 Å². The van der Waals surface area contributed by atoms with Crippen molar-refractivity contribution < 1.29 is 10.2 Å². The lowest BCUT2D eigenvalue weighted by Gasteiger charge is -2.59. The van der Waals surface area contributed by atoms with Gasteiger partial charge >= 0.3 is 0 Å². The van der Waals surface area contributed by atoms with Gasteiger partial charge in [-0.1, -0.05) is 32.8 Å². The van der Waals surface area contributed by atoms with Gasteiger partial charge in [0.05, 0.1) is 0 Å². The van der Waals surface area contributed by atoms with Crippen LogP contribution in [0.3, 0.4) is 0 Å². The molecule has 0 aromatic heterocycles. The fourth-order valence-corrected chi connectivity index (χ4v) is 5.10. The Bertz CT molecular complexity index is 664. The van der Waals surface area contributed by atoms with Gasteiger partial charge in [-0.2, -0.15) is 0 Å². The van der Waals surface area contributed by atoms with E-state index >= 15 is 0 Å². The molecule has 2 aliphatic carbocycles. The topological polar surface area (TPSA) is 40.5 Å². The molecule has 0 bridgehead atoms. The minimum absolute atomic E-state index is 0.0481. The molecule has 0 amide bonds. The first kappa shape index (κ1) is 15.4. The molecule has 1 fully saturated rings. The summed E-state index contributed by atoms with van der Waals surface area (Å²) < 4.78 is 0. The monoisotopic (exact) mass is 298 g/mol.